The van der Waals surface area contributed by atoms with Crippen molar-refractivity contribution >= 4 is 35.6 Å². The summed E-state index contributed by atoms with van der Waals surface area (Å²) in [5.41, 5.74) is 7.76. The van der Waals surface area contributed by atoms with E-state index in [4.69, 9.17) is 33.7 Å². The van der Waals surface area contributed by atoms with Crippen LogP contribution < -0.4 is 10.5 Å². The molecule has 0 aliphatic rings. The summed E-state index contributed by atoms with van der Waals surface area (Å²) in [6, 6.07) is 12.3. The Morgan fingerprint density at radius 1 is 1.07 bits per heavy atom. The van der Waals surface area contributed by atoms with E-state index in [1.165, 1.54) is 12.3 Å². The summed E-state index contributed by atoms with van der Waals surface area (Å²) in [5.74, 6) is -0.00279. The van der Waals surface area contributed by atoms with E-state index in [1.807, 2.05) is 6.07 Å². The van der Waals surface area contributed by atoms with Crippen molar-refractivity contribution in [3.8, 4) is 16.9 Å². The van der Waals surface area contributed by atoms with E-state index in [0.717, 1.165) is 5.56 Å². The molecule has 0 aliphatic heterocycles. The van der Waals surface area contributed by atoms with Crippen LogP contribution in [0.15, 0.2) is 54.7 Å². The molecule has 3 N–H and O–H groups in total. The lowest BCUT2D eigenvalue weighted by molar-refractivity contribution is 0.137. The molecule has 1 aromatic heterocycles. The van der Waals surface area contributed by atoms with Crippen molar-refractivity contribution in [1.29, 1.82) is 0 Å². The number of halogens is 4. The van der Waals surface area contributed by atoms with Gasteiger partial charge in [-0.1, -0.05) is 41.4 Å². The van der Waals surface area contributed by atoms with E-state index < -0.39 is 18.0 Å². The van der Waals surface area contributed by atoms with Gasteiger partial charge < -0.3 is 15.6 Å². The number of nitrogens with two attached hydrogens (primary N) is 1. The highest BCUT2D eigenvalue weighted by molar-refractivity contribution is 6.42. The van der Waals surface area contributed by atoms with E-state index in [-0.39, 0.29) is 18.1 Å². The molecule has 2 atom stereocenters. The molecule has 8 heteroatoms. The maximum atomic E-state index is 14.6. The number of aromatic nitrogens is 1. The maximum absolute atomic E-state index is 14.6. The molecule has 3 aromatic rings. The Morgan fingerprint density at radius 2 is 1.82 bits per heavy atom. The van der Waals surface area contributed by atoms with E-state index >= 15 is 0 Å². The zero-order valence-corrected chi connectivity index (χ0v) is 17.1. The van der Waals surface area contributed by atoms with Crippen molar-refractivity contribution in [3.63, 3.8) is 0 Å². The lowest BCUT2D eigenvalue weighted by Crippen LogP contribution is -2.21. The first kappa shape index (κ1) is 22.4. The summed E-state index contributed by atoms with van der Waals surface area (Å²) in [6.07, 6.45) is 0.138. The third-order valence-electron chi connectivity index (χ3n) is 4.22. The van der Waals surface area contributed by atoms with Gasteiger partial charge in [0, 0.05) is 11.8 Å². The standard InChI is InChI=1S/C20H17Cl2FN2O2.ClH/c1-27-14-4-2-3-11(7-14)13-9-17(23)19(25-10-13)20(26)18(24)12-5-6-15(21)16(22)8-12;/h2-10,18,20,26H,24H2,1H3;1H/t18-,20-;/m0./s1. The highest BCUT2D eigenvalue weighted by Gasteiger charge is 2.24. The number of ether oxygens (including phenoxy) is 1. The van der Waals surface area contributed by atoms with Crippen LogP contribution in [0.25, 0.3) is 11.1 Å². The van der Waals surface area contributed by atoms with Gasteiger partial charge in [0.1, 0.15) is 23.4 Å². The van der Waals surface area contributed by atoms with Crippen molar-refractivity contribution in [2.24, 2.45) is 5.73 Å². The molecule has 0 bridgehead atoms. The Hall–Kier alpha value is -1.89. The van der Waals surface area contributed by atoms with Crippen molar-refractivity contribution in [2.75, 3.05) is 7.11 Å². The van der Waals surface area contributed by atoms with Crippen LogP contribution in [-0.2, 0) is 0 Å². The summed E-state index contributed by atoms with van der Waals surface area (Å²) in [4.78, 5) is 4.09. The molecule has 2 aromatic carbocycles. The highest BCUT2D eigenvalue weighted by atomic mass is 35.5. The van der Waals surface area contributed by atoms with Crippen molar-refractivity contribution in [1.82, 2.24) is 4.98 Å². The van der Waals surface area contributed by atoms with Crippen LogP contribution in [0.4, 0.5) is 4.39 Å². The second-order valence-electron chi connectivity index (χ2n) is 5.97. The molecule has 1 heterocycles. The molecule has 4 nitrogen and oxygen atoms in total. The number of benzene rings is 2. The minimum atomic E-state index is -1.35. The predicted octanol–water partition coefficient (Wildman–Crippen LogP) is 5.36. The molecule has 0 saturated carbocycles. The zero-order valence-electron chi connectivity index (χ0n) is 14.8. The minimum Gasteiger partial charge on any atom is -0.497 e. The predicted molar refractivity (Wildman–Crippen MR) is 112 cm³/mol. The molecule has 0 aliphatic carbocycles. The fourth-order valence-corrected chi connectivity index (χ4v) is 3.01. The van der Waals surface area contributed by atoms with E-state index in [9.17, 15) is 9.50 Å². The number of rotatable bonds is 5. The van der Waals surface area contributed by atoms with Gasteiger partial charge in [0.25, 0.3) is 0 Å². The third kappa shape index (κ3) is 4.74. The molecule has 3 rings (SSSR count). The number of aliphatic hydroxyl groups is 1. The van der Waals surface area contributed by atoms with Gasteiger partial charge in [-0.15, -0.1) is 12.4 Å². The summed E-state index contributed by atoms with van der Waals surface area (Å²) in [6.45, 7) is 0. The number of methoxy groups -OCH3 is 1. The average Bonchev–Trinajstić information content (AvgIpc) is 2.69. The zero-order chi connectivity index (χ0) is 19.6. The Morgan fingerprint density at radius 3 is 2.46 bits per heavy atom. The minimum absolute atomic E-state index is 0. The molecule has 148 valence electrons. The van der Waals surface area contributed by atoms with Crippen LogP contribution >= 0.6 is 35.6 Å². The molecule has 0 amide bonds. The van der Waals surface area contributed by atoms with Crippen molar-refractivity contribution < 1.29 is 14.2 Å². The summed E-state index contributed by atoms with van der Waals surface area (Å²) < 4.78 is 19.8. The Bertz CT molecular complexity index is 972. The lowest BCUT2D eigenvalue weighted by Gasteiger charge is -2.20. The molecule has 0 spiro atoms. The van der Waals surface area contributed by atoms with Gasteiger partial charge in [-0.25, -0.2) is 4.39 Å². The number of pyridine rings is 1. The smallest absolute Gasteiger partial charge is 0.148 e. The van der Waals surface area contributed by atoms with Crippen LogP contribution in [0.2, 0.25) is 10.0 Å². The van der Waals surface area contributed by atoms with Gasteiger partial charge in [-0.2, -0.15) is 0 Å². The first-order chi connectivity index (χ1) is 12.9. The normalized spacial score (nSPS) is 12.8. The lowest BCUT2D eigenvalue weighted by atomic mass is 9.98. The SMILES string of the molecule is COc1cccc(-c2cnc([C@@H](O)[C@@H](N)c3ccc(Cl)c(Cl)c3)c(F)c2)c1.Cl. The number of hydrogen-bond acceptors (Lipinski definition) is 4. The van der Waals surface area contributed by atoms with Gasteiger partial charge in [0.2, 0.25) is 0 Å². The molecule has 0 saturated heterocycles. The van der Waals surface area contributed by atoms with Gasteiger partial charge in [-0.3, -0.25) is 4.98 Å². The van der Waals surface area contributed by atoms with Gasteiger partial charge in [0.15, 0.2) is 0 Å². The maximum Gasteiger partial charge on any atom is 0.148 e. The van der Waals surface area contributed by atoms with Gasteiger partial charge >= 0.3 is 0 Å². The third-order valence-corrected chi connectivity index (χ3v) is 4.96. The summed E-state index contributed by atoms with van der Waals surface area (Å²) >= 11 is 11.9. The van der Waals surface area contributed by atoms with Crippen LogP contribution in [0.3, 0.4) is 0 Å². The van der Waals surface area contributed by atoms with Crippen LogP contribution in [-0.4, -0.2) is 17.2 Å². The van der Waals surface area contributed by atoms with Gasteiger partial charge in [0.05, 0.1) is 23.2 Å². The first-order valence-corrected chi connectivity index (χ1v) is 8.84. The Kier molecular flexibility index (Phi) is 7.63. The van der Waals surface area contributed by atoms with Crippen LogP contribution in [0.1, 0.15) is 23.4 Å². The number of hydrogen-bond donors (Lipinski definition) is 2. The molecular formula is C20H18Cl3FN2O2. The topological polar surface area (TPSA) is 68.4 Å². The largest absolute Gasteiger partial charge is 0.497 e. The van der Waals surface area contributed by atoms with E-state index in [0.29, 0.717) is 26.9 Å². The molecule has 28 heavy (non-hydrogen) atoms. The Balaban J connectivity index is 0.00000280. The fourth-order valence-electron chi connectivity index (χ4n) is 2.70. The first-order valence-electron chi connectivity index (χ1n) is 8.09. The molecule has 0 fully saturated rings. The van der Waals surface area contributed by atoms with E-state index in [1.54, 1.807) is 43.5 Å². The fraction of sp³-hybridized carbons (Fsp3) is 0.150. The second-order valence-corrected chi connectivity index (χ2v) is 6.78. The van der Waals surface area contributed by atoms with E-state index in [2.05, 4.69) is 4.98 Å². The van der Waals surface area contributed by atoms with Crippen molar-refractivity contribution in [3.05, 3.63) is 81.8 Å². The summed E-state index contributed by atoms with van der Waals surface area (Å²) in [7, 11) is 1.56. The average molecular weight is 444 g/mol. The Labute approximate surface area is 178 Å². The number of nitrogens with zero attached hydrogens (tertiary/aromatic N) is 1. The molecule has 0 radical (unpaired) electrons. The number of aliphatic hydroxyl groups excluding tert-OH is 1. The highest BCUT2D eigenvalue weighted by Crippen LogP contribution is 2.32. The second kappa shape index (κ2) is 9.54. The van der Waals surface area contributed by atoms with Crippen LogP contribution in [0.5, 0.6) is 5.75 Å². The van der Waals surface area contributed by atoms with Crippen molar-refractivity contribution in [2.45, 2.75) is 12.1 Å². The summed E-state index contributed by atoms with van der Waals surface area (Å²) in [5, 5.41) is 11.2. The quantitative estimate of drug-likeness (QED) is 0.557. The van der Waals surface area contributed by atoms with Gasteiger partial charge in [-0.05, 0) is 41.5 Å². The monoisotopic (exact) mass is 442 g/mol. The van der Waals surface area contributed by atoms with Crippen LogP contribution in [0, 0.1) is 5.82 Å². The molecular weight excluding hydrogens is 426 g/mol. The molecule has 0 unspecified atom stereocenters.